The first-order valence-corrected chi connectivity index (χ1v) is 7.57. The van der Waals surface area contributed by atoms with Crippen molar-refractivity contribution < 1.29 is 23.4 Å². The van der Waals surface area contributed by atoms with E-state index in [9.17, 15) is 9.18 Å². The molecule has 0 atom stereocenters. The molecule has 1 aliphatic rings. The zero-order valence-corrected chi connectivity index (χ0v) is 13.8. The minimum atomic E-state index is -0.574. The number of esters is 1. The lowest BCUT2D eigenvalue weighted by molar-refractivity contribution is -0.130. The van der Waals surface area contributed by atoms with Crippen molar-refractivity contribution in [1.29, 1.82) is 0 Å². The van der Waals surface area contributed by atoms with Crippen LogP contribution in [0.4, 0.5) is 4.39 Å². The van der Waals surface area contributed by atoms with Crippen LogP contribution in [0, 0.1) is 5.82 Å². The average Bonchev–Trinajstić information content (AvgIpc) is 2.95. The van der Waals surface area contributed by atoms with Crippen molar-refractivity contribution in [2.24, 2.45) is 4.99 Å². The number of carbonyl (C=O) groups excluding carboxylic acids is 1. The lowest BCUT2D eigenvalue weighted by Crippen LogP contribution is -2.06. The van der Waals surface area contributed by atoms with E-state index in [0.717, 1.165) is 11.3 Å². The highest BCUT2D eigenvalue weighted by Gasteiger charge is 2.23. The molecule has 0 bridgehead atoms. The van der Waals surface area contributed by atoms with E-state index in [4.69, 9.17) is 14.2 Å². The highest BCUT2D eigenvalue weighted by atomic mass is 19.1. The van der Waals surface area contributed by atoms with Gasteiger partial charge in [-0.2, -0.15) is 0 Å². The quantitative estimate of drug-likeness (QED) is 0.618. The smallest absolute Gasteiger partial charge is 0.363 e. The molecule has 1 aliphatic heterocycles. The summed E-state index contributed by atoms with van der Waals surface area (Å²) in [5.41, 5.74) is 1.45. The zero-order valence-electron chi connectivity index (χ0n) is 13.8. The van der Waals surface area contributed by atoms with E-state index in [1.165, 1.54) is 31.4 Å². The summed E-state index contributed by atoms with van der Waals surface area (Å²) in [6, 6.07) is 11.4. The third-order valence-electron chi connectivity index (χ3n) is 3.66. The van der Waals surface area contributed by atoms with Gasteiger partial charge in [0.25, 0.3) is 0 Å². The normalized spacial score (nSPS) is 15.1. The van der Waals surface area contributed by atoms with E-state index < -0.39 is 11.8 Å². The first-order chi connectivity index (χ1) is 12.1. The van der Waals surface area contributed by atoms with Gasteiger partial charge in [-0.05, 0) is 42.0 Å². The number of halogens is 1. The highest BCUT2D eigenvalue weighted by molar-refractivity contribution is 6.07. The molecule has 0 radical (unpaired) electrons. The molecule has 0 spiro atoms. The van der Waals surface area contributed by atoms with Gasteiger partial charge in [-0.25, -0.2) is 14.2 Å². The van der Waals surface area contributed by atoms with Crippen LogP contribution in [-0.4, -0.2) is 26.1 Å². The van der Waals surface area contributed by atoms with E-state index in [1.54, 1.807) is 7.11 Å². The van der Waals surface area contributed by atoms with Gasteiger partial charge in [-0.1, -0.05) is 12.1 Å². The summed E-state index contributed by atoms with van der Waals surface area (Å²) < 4.78 is 28.9. The number of ether oxygens (including phenoxy) is 3. The van der Waals surface area contributed by atoms with E-state index in [-0.39, 0.29) is 11.6 Å². The fourth-order valence-electron chi connectivity index (χ4n) is 2.41. The predicted octanol–water partition coefficient (Wildman–Crippen LogP) is 3.38. The van der Waals surface area contributed by atoms with Crippen molar-refractivity contribution in [2.75, 3.05) is 14.2 Å². The maximum absolute atomic E-state index is 13.4. The van der Waals surface area contributed by atoms with Crippen LogP contribution in [0.25, 0.3) is 6.08 Å². The molecule has 0 aliphatic carbocycles. The molecule has 128 valence electrons. The monoisotopic (exact) mass is 341 g/mol. The van der Waals surface area contributed by atoms with Crippen molar-refractivity contribution in [3.63, 3.8) is 0 Å². The molecule has 0 unspecified atom stereocenters. The molecule has 0 aromatic heterocycles. The van der Waals surface area contributed by atoms with Crippen LogP contribution in [0.3, 0.4) is 0 Å². The highest BCUT2D eigenvalue weighted by Crippen LogP contribution is 2.25. The number of cyclic esters (lactones) is 1. The van der Waals surface area contributed by atoms with Crippen LogP contribution in [-0.2, 0) is 16.0 Å². The molecule has 0 N–H and O–H groups in total. The van der Waals surface area contributed by atoms with Crippen molar-refractivity contribution in [2.45, 2.75) is 6.42 Å². The molecule has 5 nitrogen and oxygen atoms in total. The van der Waals surface area contributed by atoms with Gasteiger partial charge in [0.1, 0.15) is 17.3 Å². The maximum Gasteiger partial charge on any atom is 0.363 e. The second-order valence-electron chi connectivity index (χ2n) is 5.34. The zero-order chi connectivity index (χ0) is 17.8. The summed E-state index contributed by atoms with van der Waals surface area (Å²) in [5.74, 6) is 0.474. The molecule has 0 saturated carbocycles. The summed E-state index contributed by atoms with van der Waals surface area (Å²) in [6.07, 6.45) is 1.82. The molecule has 2 aromatic carbocycles. The first kappa shape index (κ1) is 16.7. The molecule has 0 fully saturated rings. The summed E-state index contributed by atoms with van der Waals surface area (Å²) >= 11 is 0. The Hall–Kier alpha value is -3.15. The molecular formula is C19H16FNO4. The van der Waals surface area contributed by atoms with Crippen LogP contribution in [0.5, 0.6) is 11.5 Å². The standard InChI is InChI=1S/C19H16FNO4/c1-23-15-6-3-12(4-7-15)9-18-21-16(19(22)25-18)11-13-10-14(20)5-8-17(13)24-2/h3-8,10-11H,9H2,1-2H3/b16-11+. The Balaban J connectivity index is 1.83. The van der Waals surface area contributed by atoms with E-state index in [1.807, 2.05) is 24.3 Å². The SMILES string of the molecule is COc1ccc(CC2=N/C(=C/c3cc(F)ccc3OC)C(=O)O2)cc1. The fourth-order valence-corrected chi connectivity index (χ4v) is 2.41. The number of methoxy groups -OCH3 is 2. The van der Waals surface area contributed by atoms with Gasteiger partial charge in [-0.3, -0.25) is 0 Å². The molecule has 6 heteroatoms. The second kappa shape index (κ2) is 7.17. The van der Waals surface area contributed by atoms with Gasteiger partial charge in [0.2, 0.25) is 5.90 Å². The maximum atomic E-state index is 13.4. The minimum Gasteiger partial charge on any atom is -0.497 e. The van der Waals surface area contributed by atoms with Crippen molar-refractivity contribution in [3.8, 4) is 11.5 Å². The van der Waals surface area contributed by atoms with Gasteiger partial charge in [0.15, 0.2) is 5.70 Å². The Bertz CT molecular complexity index is 856. The molecule has 25 heavy (non-hydrogen) atoms. The topological polar surface area (TPSA) is 57.1 Å². The summed E-state index contributed by atoms with van der Waals surface area (Å²) in [6.45, 7) is 0. The number of aliphatic imine (C=N–C) groups is 1. The summed E-state index contributed by atoms with van der Waals surface area (Å²) in [5, 5.41) is 0. The summed E-state index contributed by atoms with van der Waals surface area (Å²) in [7, 11) is 3.07. The van der Waals surface area contributed by atoms with Gasteiger partial charge in [0.05, 0.1) is 14.2 Å². The molecule has 0 amide bonds. The molecule has 3 rings (SSSR count). The third-order valence-corrected chi connectivity index (χ3v) is 3.66. The number of benzene rings is 2. The van der Waals surface area contributed by atoms with E-state index >= 15 is 0 Å². The Morgan fingerprint density at radius 2 is 1.88 bits per heavy atom. The Morgan fingerprint density at radius 1 is 1.12 bits per heavy atom. The number of hydrogen-bond donors (Lipinski definition) is 0. The van der Waals surface area contributed by atoms with Gasteiger partial charge in [0, 0.05) is 12.0 Å². The van der Waals surface area contributed by atoms with Crippen molar-refractivity contribution in [1.82, 2.24) is 0 Å². The minimum absolute atomic E-state index is 0.104. The average molecular weight is 341 g/mol. The number of carbonyl (C=O) groups is 1. The lowest BCUT2D eigenvalue weighted by Gasteiger charge is -2.04. The molecule has 1 heterocycles. The predicted molar refractivity (Wildman–Crippen MR) is 91.2 cm³/mol. The van der Waals surface area contributed by atoms with Crippen LogP contribution >= 0.6 is 0 Å². The van der Waals surface area contributed by atoms with Crippen LogP contribution in [0.1, 0.15) is 11.1 Å². The fraction of sp³-hybridized carbons (Fsp3) is 0.158. The Morgan fingerprint density at radius 3 is 2.56 bits per heavy atom. The third kappa shape index (κ3) is 3.85. The number of rotatable bonds is 5. The van der Waals surface area contributed by atoms with Gasteiger partial charge < -0.3 is 14.2 Å². The first-order valence-electron chi connectivity index (χ1n) is 7.57. The Kier molecular flexibility index (Phi) is 4.79. The van der Waals surface area contributed by atoms with Gasteiger partial charge >= 0.3 is 5.97 Å². The number of hydrogen-bond acceptors (Lipinski definition) is 5. The van der Waals surface area contributed by atoms with Gasteiger partial charge in [-0.15, -0.1) is 0 Å². The van der Waals surface area contributed by atoms with Crippen LogP contribution in [0.2, 0.25) is 0 Å². The molecule has 2 aromatic rings. The van der Waals surface area contributed by atoms with Crippen molar-refractivity contribution >= 4 is 17.9 Å². The Labute approximate surface area is 144 Å². The second-order valence-corrected chi connectivity index (χ2v) is 5.34. The van der Waals surface area contributed by atoms with Crippen LogP contribution in [0.15, 0.2) is 53.2 Å². The van der Waals surface area contributed by atoms with Crippen LogP contribution < -0.4 is 9.47 Å². The molecule has 0 saturated heterocycles. The van der Waals surface area contributed by atoms with E-state index in [0.29, 0.717) is 17.7 Å². The molecular weight excluding hydrogens is 325 g/mol. The number of nitrogens with zero attached hydrogens (tertiary/aromatic N) is 1. The summed E-state index contributed by atoms with van der Waals surface area (Å²) in [4.78, 5) is 16.2. The van der Waals surface area contributed by atoms with E-state index in [2.05, 4.69) is 4.99 Å². The van der Waals surface area contributed by atoms with Crippen molar-refractivity contribution in [3.05, 3.63) is 65.1 Å². The largest absolute Gasteiger partial charge is 0.497 e. The lowest BCUT2D eigenvalue weighted by atomic mass is 10.1.